The number of Topliss-reactive ketones (excluding diaryl/α,β-unsaturated/α-hetero) is 1. The predicted molar refractivity (Wildman–Crippen MR) is 72.7 cm³/mol. The highest BCUT2D eigenvalue weighted by Crippen LogP contribution is 2.18. The number of ketones is 1. The van der Waals surface area contributed by atoms with E-state index in [2.05, 4.69) is 17.2 Å². The molecule has 0 aliphatic carbocycles. The standard InChI is InChI=1S/C15H16N2O/c1-11(13-7-9-16-10-8-13)17-15-5-3-14(4-6-15)12(2)18/h3-11,17H,1-2H3. The van der Waals surface area contributed by atoms with Crippen LogP contribution in [-0.4, -0.2) is 10.8 Å². The summed E-state index contributed by atoms with van der Waals surface area (Å²) < 4.78 is 0. The lowest BCUT2D eigenvalue weighted by Gasteiger charge is -2.15. The lowest BCUT2D eigenvalue weighted by molar-refractivity contribution is 0.101. The van der Waals surface area contributed by atoms with Gasteiger partial charge in [-0.25, -0.2) is 0 Å². The number of hydrogen-bond donors (Lipinski definition) is 1. The number of nitrogens with one attached hydrogen (secondary N) is 1. The summed E-state index contributed by atoms with van der Waals surface area (Å²) in [5, 5.41) is 3.39. The van der Waals surface area contributed by atoms with Gasteiger partial charge >= 0.3 is 0 Å². The third kappa shape index (κ3) is 2.94. The number of pyridine rings is 1. The first kappa shape index (κ1) is 12.3. The Labute approximate surface area is 107 Å². The van der Waals surface area contributed by atoms with Gasteiger partial charge in [-0.1, -0.05) is 0 Å². The highest BCUT2D eigenvalue weighted by atomic mass is 16.1. The Hall–Kier alpha value is -2.16. The first-order valence-electron chi connectivity index (χ1n) is 5.94. The molecule has 0 radical (unpaired) electrons. The summed E-state index contributed by atoms with van der Waals surface area (Å²) in [6, 6.07) is 11.7. The molecule has 0 amide bonds. The van der Waals surface area contributed by atoms with E-state index < -0.39 is 0 Å². The molecule has 3 nitrogen and oxygen atoms in total. The van der Waals surface area contributed by atoms with Gasteiger partial charge in [0.1, 0.15) is 0 Å². The van der Waals surface area contributed by atoms with Gasteiger partial charge in [-0.2, -0.15) is 0 Å². The maximum Gasteiger partial charge on any atom is 0.159 e. The smallest absolute Gasteiger partial charge is 0.159 e. The summed E-state index contributed by atoms with van der Waals surface area (Å²) in [5.74, 6) is 0.0868. The van der Waals surface area contributed by atoms with Gasteiger partial charge in [0.2, 0.25) is 0 Å². The van der Waals surface area contributed by atoms with Crippen LogP contribution in [0.25, 0.3) is 0 Å². The van der Waals surface area contributed by atoms with Crippen molar-refractivity contribution in [3.63, 3.8) is 0 Å². The summed E-state index contributed by atoms with van der Waals surface area (Å²) in [6.07, 6.45) is 3.57. The van der Waals surface area contributed by atoms with Crippen molar-refractivity contribution in [2.75, 3.05) is 5.32 Å². The second-order valence-corrected chi connectivity index (χ2v) is 4.28. The third-order valence-electron chi connectivity index (χ3n) is 2.88. The predicted octanol–water partition coefficient (Wildman–Crippen LogP) is 3.46. The number of aromatic nitrogens is 1. The number of rotatable bonds is 4. The van der Waals surface area contributed by atoms with E-state index in [9.17, 15) is 4.79 Å². The van der Waals surface area contributed by atoms with Crippen molar-refractivity contribution in [3.05, 3.63) is 59.9 Å². The molecular formula is C15H16N2O. The highest BCUT2D eigenvalue weighted by Gasteiger charge is 2.05. The summed E-state index contributed by atoms with van der Waals surface area (Å²) in [4.78, 5) is 15.2. The van der Waals surface area contributed by atoms with Crippen LogP contribution in [0.5, 0.6) is 0 Å². The fourth-order valence-corrected chi connectivity index (χ4v) is 1.79. The van der Waals surface area contributed by atoms with Crippen LogP contribution in [0, 0.1) is 0 Å². The number of anilines is 1. The average Bonchev–Trinajstić information content (AvgIpc) is 2.40. The number of benzene rings is 1. The van der Waals surface area contributed by atoms with Crippen molar-refractivity contribution in [2.45, 2.75) is 19.9 Å². The van der Waals surface area contributed by atoms with E-state index in [0.29, 0.717) is 0 Å². The molecule has 1 atom stereocenters. The highest BCUT2D eigenvalue weighted by molar-refractivity contribution is 5.94. The average molecular weight is 240 g/mol. The fraction of sp³-hybridized carbons (Fsp3) is 0.200. The lowest BCUT2D eigenvalue weighted by Crippen LogP contribution is -2.06. The number of carbonyl (C=O) groups is 1. The molecule has 1 heterocycles. The summed E-state index contributed by atoms with van der Waals surface area (Å²) in [5.41, 5.74) is 2.92. The molecule has 0 saturated heterocycles. The lowest BCUT2D eigenvalue weighted by atomic mass is 10.1. The summed E-state index contributed by atoms with van der Waals surface area (Å²) in [7, 11) is 0. The molecule has 18 heavy (non-hydrogen) atoms. The Balaban J connectivity index is 2.08. The van der Waals surface area contributed by atoms with E-state index in [1.54, 1.807) is 19.3 Å². The first-order chi connectivity index (χ1) is 8.66. The van der Waals surface area contributed by atoms with Crippen molar-refractivity contribution in [3.8, 4) is 0 Å². The molecule has 0 fully saturated rings. The van der Waals surface area contributed by atoms with E-state index in [4.69, 9.17) is 0 Å². The van der Waals surface area contributed by atoms with E-state index in [1.807, 2.05) is 36.4 Å². The van der Waals surface area contributed by atoms with E-state index in [1.165, 1.54) is 5.56 Å². The molecule has 0 saturated carbocycles. The Morgan fingerprint density at radius 1 is 1.11 bits per heavy atom. The van der Waals surface area contributed by atoms with Crippen LogP contribution in [0.1, 0.15) is 35.8 Å². The number of nitrogens with zero attached hydrogens (tertiary/aromatic N) is 1. The molecule has 1 unspecified atom stereocenters. The van der Waals surface area contributed by atoms with Crippen LogP contribution < -0.4 is 5.32 Å². The van der Waals surface area contributed by atoms with Crippen LogP contribution in [0.15, 0.2) is 48.8 Å². The minimum Gasteiger partial charge on any atom is -0.379 e. The van der Waals surface area contributed by atoms with Crippen LogP contribution in [-0.2, 0) is 0 Å². The maximum absolute atomic E-state index is 11.2. The second-order valence-electron chi connectivity index (χ2n) is 4.28. The molecule has 2 aromatic rings. The number of hydrogen-bond acceptors (Lipinski definition) is 3. The summed E-state index contributed by atoms with van der Waals surface area (Å²) >= 11 is 0. The maximum atomic E-state index is 11.2. The molecule has 0 bridgehead atoms. The molecule has 92 valence electrons. The molecule has 1 N–H and O–H groups in total. The molecule has 0 aliphatic rings. The van der Waals surface area contributed by atoms with Gasteiger partial charge < -0.3 is 5.32 Å². The van der Waals surface area contributed by atoms with Crippen molar-refractivity contribution >= 4 is 11.5 Å². The van der Waals surface area contributed by atoms with Crippen LogP contribution in [0.2, 0.25) is 0 Å². The molecular weight excluding hydrogens is 224 g/mol. The van der Waals surface area contributed by atoms with Crippen LogP contribution in [0.3, 0.4) is 0 Å². The quantitative estimate of drug-likeness (QED) is 0.832. The van der Waals surface area contributed by atoms with Crippen molar-refractivity contribution in [1.29, 1.82) is 0 Å². The van der Waals surface area contributed by atoms with Crippen molar-refractivity contribution in [2.24, 2.45) is 0 Å². The van der Waals surface area contributed by atoms with Gasteiger partial charge in [-0.05, 0) is 55.8 Å². The monoisotopic (exact) mass is 240 g/mol. The molecule has 0 aliphatic heterocycles. The number of carbonyl (C=O) groups excluding carboxylic acids is 1. The summed E-state index contributed by atoms with van der Waals surface area (Å²) in [6.45, 7) is 3.66. The van der Waals surface area contributed by atoms with Gasteiger partial charge in [-0.15, -0.1) is 0 Å². The minimum atomic E-state index is 0.0868. The Morgan fingerprint density at radius 2 is 1.72 bits per heavy atom. The van der Waals surface area contributed by atoms with Crippen LogP contribution in [0.4, 0.5) is 5.69 Å². The van der Waals surface area contributed by atoms with E-state index in [-0.39, 0.29) is 11.8 Å². The van der Waals surface area contributed by atoms with Crippen LogP contribution >= 0.6 is 0 Å². The zero-order valence-electron chi connectivity index (χ0n) is 10.6. The van der Waals surface area contributed by atoms with Crippen molar-refractivity contribution in [1.82, 2.24) is 4.98 Å². The largest absolute Gasteiger partial charge is 0.379 e. The fourth-order valence-electron chi connectivity index (χ4n) is 1.79. The first-order valence-corrected chi connectivity index (χ1v) is 5.94. The van der Waals surface area contributed by atoms with Gasteiger partial charge in [0.15, 0.2) is 5.78 Å². The van der Waals surface area contributed by atoms with E-state index in [0.717, 1.165) is 11.3 Å². The van der Waals surface area contributed by atoms with Crippen molar-refractivity contribution < 1.29 is 4.79 Å². The minimum absolute atomic E-state index is 0.0868. The van der Waals surface area contributed by atoms with Gasteiger partial charge in [0.25, 0.3) is 0 Å². The Bertz CT molecular complexity index is 520. The second kappa shape index (κ2) is 5.45. The molecule has 2 rings (SSSR count). The van der Waals surface area contributed by atoms with Gasteiger partial charge in [0.05, 0.1) is 0 Å². The zero-order chi connectivity index (χ0) is 13.0. The van der Waals surface area contributed by atoms with Gasteiger partial charge in [0, 0.05) is 29.7 Å². The topological polar surface area (TPSA) is 42.0 Å². The van der Waals surface area contributed by atoms with E-state index >= 15 is 0 Å². The Kier molecular flexibility index (Phi) is 3.72. The zero-order valence-corrected chi connectivity index (χ0v) is 10.6. The molecule has 3 heteroatoms. The SMILES string of the molecule is CC(=O)c1ccc(NC(C)c2ccncc2)cc1. The molecule has 1 aromatic heterocycles. The molecule has 0 spiro atoms. The Morgan fingerprint density at radius 3 is 2.28 bits per heavy atom. The third-order valence-corrected chi connectivity index (χ3v) is 2.88. The normalized spacial score (nSPS) is 11.9. The molecule has 1 aromatic carbocycles. The van der Waals surface area contributed by atoms with Gasteiger partial charge in [-0.3, -0.25) is 9.78 Å².